The second-order valence-corrected chi connectivity index (χ2v) is 5.63. The van der Waals surface area contributed by atoms with Crippen LogP contribution >= 0.6 is 11.3 Å². The van der Waals surface area contributed by atoms with E-state index in [1.807, 2.05) is 18.4 Å². The summed E-state index contributed by atoms with van der Waals surface area (Å²) in [6, 6.07) is 1.94. The molecular formula is C12H18FNS. The molecule has 1 N–H and O–H groups in total. The van der Waals surface area contributed by atoms with Gasteiger partial charge in [0.25, 0.3) is 0 Å². The monoisotopic (exact) mass is 227 g/mol. The van der Waals surface area contributed by atoms with Crippen molar-refractivity contribution in [3.8, 4) is 0 Å². The third-order valence-corrected chi connectivity index (χ3v) is 4.29. The molecule has 1 aromatic rings. The van der Waals surface area contributed by atoms with E-state index in [1.54, 1.807) is 18.3 Å². The molecular weight excluding hydrogens is 209 g/mol. The molecule has 0 spiro atoms. The maximum atomic E-state index is 14.8. The molecule has 1 saturated heterocycles. The van der Waals surface area contributed by atoms with Crippen molar-refractivity contribution >= 4 is 11.3 Å². The molecule has 1 aromatic heterocycles. The van der Waals surface area contributed by atoms with Gasteiger partial charge in [-0.05, 0) is 44.7 Å². The van der Waals surface area contributed by atoms with Gasteiger partial charge in [-0.1, -0.05) is 0 Å². The Morgan fingerprint density at radius 3 is 2.93 bits per heavy atom. The summed E-state index contributed by atoms with van der Waals surface area (Å²) < 4.78 is 14.8. The van der Waals surface area contributed by atoms with Gasteiger partial charge >= 0.3 is 0 Å². The Morgan fingerprint density at radius 2 is 2.40 bits per heavy atom. The Bertz CT molecular complexity index is 326. The first-order chi connectivity index (χ1) is 7.12. The molecule has 2 atom stereocenters. The average Bonchev–Trinajstić information content (AvgIpc) is 2.66. The Balaban J connectivity index is 2.21. The van der Waals surface area contributed by atoms with Gasteiger partial charge in [0, 0.05) is 22.9 Å². The molecule has 1 fully saturated rings. The largest absolute Gasteiger partial charge is 0.316 e. The van der Waals surface area contributed by atoms with E-state index in [4.69, 9.17) is 0 Å². The minimum atomic E-state index is -1.17. The number of alkyl halides is 1. The minimum Gasteiger partial charge on any atom is -0.316 e. The average molecular weight is 227 g/mol. The third-order valence-electron chi connectivity index (χ3n) is 3.45. The predicted molar refractivity (Wildman–Crippen MR) is 63.1 cm³/mol. The van der Waals surface area contributed by atoms with Crippen LogP contribution in [0.5, 0.6) is 0 Å². The summed E-state index contributed by atoms with van der Waals surface area (Å²) in [6.45, 7) is 5.59. The summed E-state index contributed by atoms with van der Waals surface area (Å²) >= 11 is 1.63. The van der Waals surface area contributed by atoms with E-state index in [0.29, 0.717) is 0 Å². The van der Waals surface area contributed by atoms with E-state index in [-0.39, 0.29) is 5.92 Å². The number of hydrogen-bond acceptors (Lipinski definition) is 2. The van der Waals surface area contributed by atoms with E-state index in [0.717, 1.165) is 36.4 Å². The summed E-state index contributed by atoms with van der Waals surface area (Å²) in [5.74, 6) is 0.125. The normalized spacial score (nSPS) is 26.2. The fourth-order valence-electron chi connectivity index (χ4n) is 2.43. The molecule has 84 valence electrons. The molecule has 0 radical (unpaired) electrons. The van der Waals surface area contributed by atoms with Gasteiger partial charge in [0.15, 0.2) is 0 Å². The number of rotatable bonds is 2. The molecule has 0 aliphatic carbocycles. The Hall–Kier alpha value is -0.410. The first-order valence-corrected chi connectivity index (χ1v) is 6.44. The second-order valence-electron chi connectivity index (χ2n) is 4.51. The van der Waals surface area contributed by atoms with Crippen molar-refractivity contribution in [2.75, 3.05) is 13.1 Å². The first kappa shape index (κ1) is 11.1. The predicted octanol–water partition coefficient (Wildman–Crippen LogP) is 3.24. The van der Waals surface area contributed by atoms with Gasteiger partial charge in [0.05, 0.1) is 0 Å². The lowest BCUT2D eigenvalue weighted by Crippen LogP contribution is -2.40. The van der Waals surface area contributed by atoms with E-state index in [2.05, 4.69) is 5.32 Å². The molecule has 2 unspecified atom stereocenters. The van der Waals surface area contributed by atoms with Crippen LogP contribution in [-0.2, 0) is 5.67 Å². The van der Waals surface area contributed by atoms with E-state index < -0.39 is 5.67 Å². The highest BCUT2D eigenvalue weighted by molar-refractivity contribution is 7.10. The van der Waals surface area contributed by atoms with Crippen molar-refractivity contribution in [3.63, 3.8) is 0 Å². The van der Waals surface area contributed by atoms with Gasteiger partial charge in [-0.3, -0.25) is 0 Å². The molecule has 0 saturated carbocycles. The van der Waals surface area contributed by atoms with Crippen molar-refractivity contribution in [1.29, 1.82) is 0 Å². The molecule has 2 heterocycles. The van der Waals surface area contributed by atoms with Crippen molar-refractivity contribution in [2.24, 2.45) is 5.92 Å². The highest BCUT2D eigenvalue weighted by Crippen LogP contribution is 2.40. The van der Waals surface area contributed by atoms with Gasteiger partial charge in [0.1, 0.15) is 5.67 Å². The van der Waals surface area contributed by atoms with Gasteiger partial charge in [-0.15, -0.1) is 11.3 Å². The van der Waals surface area contributed by atoms with Crippen LogP contribution in [0.2, 0.25) is 0 Å². The van der Waals surface area contributed by atoms with Crippen LogP contribution in [0.25, 0.3) is 0 Å². The van der Waals surface area contributed by atoms with Crippen LogP contribution in [-0.4, -0.2) is 13.1 Å². The van der Waals surface area contributed by atoms with E-state index in [1.165, 1.54) is 0 Å². The highest BCUT2D eigenvalue weighted by Gasteiger charge is 2.37. The zero-order chi connectivity index (χ0) is 10.9. The summed E-state index contributed by atoms with van der Waals surface area (Å²) in [5, 5.41) is 5.27. The summed E-state index contributed by atoms with van der Waals surface area (Å²) in [7, 11) is 0. The SMILES string of the molecule is Cc1sccc1C(C)(F)C1CCCNC1. The van der Waals surface area contributed by atoms with Gasteiger partial charge in [0.2, 0.25) is 0 Å². The van der Waals surface area contributed by atoms with Crippen molar-refractivity contribution in [3.05, 3.63) is 21.9 Å². The van der Waals surface area contributed by atoms with Crippen molar-refractivity contribution in [1.82, 2.24) is 5.32 Å². The molecule has 3 heteroatoms. The standard InChI is InChI=1S/C12H18FNS/c1-9-11(5-7-15-9)12(2,13)10-4-3-6-14-8-10/h5,7,10,14H,3-4,6,8H2,1-2H3. The molecule has 0 bridgehead atoms. The van der Waals surface area contributed by atoms with Crippen LogP contribution in [0.1, 0.15) is 30.2 Å². The van der Waals surface area contributed by atoms with Crippen LogP contribution in [0, 0.1) is 12.8 Å². The van der Waals surface area contributed by atoms with Crippen molar-refractivity contribution < 1.29 is 4.39 Å². The number of hydrogen-bond donors (Lipinski definition) is 1. The van der Waals surface area contributed by atoms with Crippen molar-refractivity contribution in [2.45, 2.75) is 32.4 Å². The van der Waals surface area contributed by atoms with Crippen LogP contribution in [0.4, 0.5) is 4.39 Å². The minimum absolute atomic E-state index is 0.125. The smallest absolute Gasteiger partial charge is 0.138 e. The van der Waals surface area contributed by atoms with E-state index in [9.17, 15) is 4.39 Å². The van der Waals surface area contributed by atoms with Crippen LogP contribution < -0.4 is 5.32 Å². The number of aryl methyl sites for hydroxylation is 1. The number of thiophene rings is 1. The molecule has 0 aromatic carbocycles. The summed E-state index contributed by atoms with van der Waals surface area (Å²) in [4.78, 5) is 1.12. The van der Waals surface area contributed by atoms with Crippen LogP contribution in [0.3, 0.4) is 0 Å². The maximum absolute atomic E-state index is 14.8. The van der Waals surface area contributed by atoms with Gasteiger partial charge in [-0.25, -0.2) is 4.39 Å². The first-order valence-electron chi connectivity index (χ1n) is 5.56. The molecule has 1 aliphatic rings. The topological polar surface area (TPSA) is 12.0 Å². The molecule has 0 amide bonds. The Kier molecular flexibility index (Phi) is 3.12. The zero-order valence-corrected chi connectivity index (χ0v) is 10.2. The summed E-state index contributed by atoms with van der Waals surface area (Å²) in [5.41, 5.74) is -0.279. The molecule has 2 rings (SSSR count). The van der Waals surface area contributed by atoms with Gasteiger partial charge < -0.3 is 5.32 Å². The lowest BCUT2D eigenvalue weighted by Gasteiger charge is -2.34. The maximum Gasteiger partial charge on any atom is 0.138 e. The molecule has 1 aliphatic heterocycles. The summed E-state index contributed by atoms with van der Waals surface area (Å²) in [6.07, 6.45) is 2.09. The fourth-order valence-corrected chi connectivity index (χ4v) is 3.23. The highest BCUT2D eigenvalue weighted by atomic mass is 32.1. The number of piperidine rings is 1. The Labute approximate surface area is 94.7 Å². The molecule has 1 nitrogen and oxygen atoms in total. The second kappa shape index (κ2) is 4.22. The van der Waals surface area contributed by atoms with Gasteiger partial charge in [-0.2, -0.15) is 0 Å². The van der Waals surface area contributed by atoms with Crippen LogP contribution in [0.15, 0.2) is 11.4 Å². The number of halogens is 1. The third kappa shape index (κ3) is 2.08. The molecule has 15 heavy (non-hydrogen) atoms. The quantitative estimate of drug-likeness (QED) is 0.818. The lowest BCUT2D eigenvalue weighted by atomic mass is 9.80. The Morgan fingerprint density at radius 1 is 1.60 bits per heavy atom. The van der Waals surface area contributed by atoms with E-state index >= 15 is 0 Å². The lowest BCUT2D eigenvalue weighted by molar-refractivity contribution is 0.0811. The number of nitrogens with one attached hydrogen (secondary N) is 1. The zero-order valence-electron chi connectivity index (χ0n) is 9.35. The fraction of sp³-hybridized carbons (Fsp3) is 0.667.